The number of nitrogens with one attached hydrogen (secondary N) is 1. The number of thioether (sulfide) groups is 1. The maximum Gasteiger partial charge on any atom is 0.234 e. The van der Waals surface area contributed by atoms with Gasteiger partial charge in [0, 0.05) is 17.9 Å². The van der Waals surface area contributed by atoms with Crippen molar-refractivity contribution in [2.75, 3.05) is 23.9 Å². The van der Waals surface area contributed by atoms with Gasteiger partial charge in [-0.15, -0.1) is 0 Å². The van der Waals surface area contributed by atoms with E-state index in [0.29, 0.717) is 34.4 Å². The summed E-state index contributed by atoms with van der Waals surface area (Å²) in [7, 11) is 1.53. The van der Waals surface area contributed by atoms with E-state index in [1.54, 1.807) is 18.2 Å². The van der Waals surface area contributed by atoms with Crippen LogP contribution in [-0.4, -0.2) is 24.5 Å². The molecule has 4 nitrogen and oxygen atoms in total. The number of rotatable bonds is 6. The number of amides is 1. The molecule has 0 heterocycles. The molecule has 0 aliphatic carbocycles. The second-order valence-corrected chi connectivity index (χ2v) is 4.87. The van der Waals surface area contributed by atoms with Crippen LogP contribution in [0.1, 0.15) is 6.42 Å². The van der Waals surface area contributed by atoms with Gasteiger partial charge in [-0.3, -0.25) is 4.79 Å². The monoisotopic (exact) mass is 284 g/mol. The average molecular weight is 285 g/mol. The Hall–Kier alpha value is -1.38. The molecule has 1 aromatic carbocycles. The Kier molecular flexibility index (Phi) is 6.40. The molecule has 0 saturated heterocycles. The van der Waals surface area contributed by atoms with E-state index in [4.69, 9.17) is 21.6 Å². The first-order valence-corrected chi connectivity index (χ1v) is 6.78. The summed E-state index contributed by atoms with van der Waals surface area (Å²) in [6.45, 7) is 0. The van der Waals surface area contributed by atoms with Crippen LogP contribution in [0.4, 0.5) is 5.69 Å². The minimum atomic E-state index is -0.112. The van der Waals surface area contributed by atoms with Crippen LogP contribution >= 0.6 is 23.4 Å². The van der Waals surface area contributed by atoms with Gasteiger partial charge in [0.1, 0.15) is 5.75 Å². The van der Waals surface area contributed by atoms with Crippen LogP contribution in [0.25, 0.3) is 0 Å². The van der Waals surface area contributed by atoms with Gasteiger partial charge < -0.3 is 10.1 Å². The van der Waals surface area contributed by atoms with Crippen LogP contribution in [0.2, 0.25) is 5.02 Å². The van der Waals surface area contributed by atoms with Crippen LogP contribution in [0.15, 0.2) is 18.2 Å². The zero-order chi connectivity index (χ0) is 13.4. The molecule has 18 heavy (non-hydrogen) atoms. The maximum absolute atomic E-state index is 11.6. The summed E-state index contributed by atoms with van der Waals surface area (Å²) < 4.78 is 5.02. The van der Waals surface area contributed by atoms with Gasteiger partial charge in [-0.1, -0.05) is 11.6 Å². The normalized spacial score (nSPS) is 9.61. The first-order valence-electron chi connectivity index (χ1n) is 5.25. The third kappa shape index (κ3) is 4.86. The van der Waals surface area contributed by atoms with E-state index < -0.39 is 0 Å². The molecule has 0 aliphatic rings. The Labute approximate surface area is 115 Å². The summed E-state index contributed by atoms with van der Waals surface area (Å²) in [5.41, 5.74) is 0.631. The highest BCUT2D eigenvalue weighted by molar-refractivity contribution is 7.99. The van der Waals surface area contributed by atoms with Crippen LogP contribution in [0.3, 0.4) is 0 Å². The number of ether oxygens (including phenoxy) is 1. The molecule has 1 N–H and O–H groups in total. The van der Waals surface area contributed by atoms with Gasteiger partial charge in [-0.2, -0.15) is 17.0 Å². The Morgan fingerprint density at radius 1 is 1.61 bits per heavy atom. The molecule has 1 rings (SSSR count). The molecule has 96 valence electrons. The Balaban J connectivity index is 2.45. The summed E-state index contributed by atoms with van der Waals surface area (Å²) in [4.78, 5) is 11.6. The van der Waals surface area contributed by atoms with Crippen molar-refractivity contribution in [3.63, 3.8) is 0 Å². The van der Waals surface area contributed by atoms with E-state index in [1.165, 1.54) is 18.9 Å². The molecule has 0 unspecified atom stereocenters. The second-order valence-electron chi connectivity index (χ2n) is 3.36. The van der Waals surface area contributed by atoms with E-state index in [-0.39, 0.29) is 5.91 Å². The van der Waals surface area contributed by atoms with Gasteiger partial charge >= 0.3 is 0 Å². The lowest BCUT2D eigenvalue weighted by Gasteiger charge is -2.07. The number of nitrogens with zero attached hydrogens (tertiary/aromatic N) is 1. The molecule has 0 bridgehead atoms. The van der Waals surface area contributed by atoms with Crippen molar-refractivity contribution in [1.82, 2.24) is 0 Å². The average Bonchev–Trinajstić information content (AvgIpc) is 2.35. The molecule has 1 aromatic rings. The fourth-order valence-electron chi connectivity index (χ4n) is 1.22. The van der Waals surface area contributed by atoms with E-state index >= 15 is 0 Å². The number of carbonyl (C=O) groups is 1. The van der Waals surface area contributed by atoms with Gasteiger partial charge in [0.15, 0.2) is 0 Å². The first-order chi connectivity index (χ1) is 8.67. The second kappa shape index (κ2) is 7.85. The Bertz CT molecular complexity index is 460. The SMILES string of the molecule is COc1ccc(NC(=O)CSCCC#N)cc1Cl. The number of methoxy groups -OCH3 is 1. The molecule has 0 saturated carbocycles. The summed E-state index contributed by atoms with van der Waals surface area (Å²) >= 11 is 7.37. The molecule has 6 heteroatoms. The zero-order valence-electron chi connectivity index (χ0n) is 9.90. The molecule has 1 amide bonds. The highest BCUT2D eigenvalue weighted by Gasteiger charge is 2.05. The van der Waals surface area contributed by atoms with Crippen LogP contribution in [0, 0.1) is 11.3 Å². The van der Waals surface area contributed by atoms with Crippen molar-refractivity contribution in [2.45, 2.75) is 6.42 Å². The quantitative estimate of drug-likeness (QED) is 0.816. The summed E-state index contributed by atoms with van der Waals surface area (Å²) in [6, 6.07) is 7.08. The van der Waals surface area contributed by atoms with Crippen molar-refractivity contribution in [3.8, 4) is 11.8 Å². The first kappa shape index (κ1) is 14.7. The maximum atomic E-state index is 11.6. The lowest BCUT2D eigenvalue weighted by atomic mass is 10.3. The standard InChI is InChI=1S/C12H13ClN2O2S/c1-17-11-4-3-9(7-10(11)13)15-12(16)8-18-6-2-5-14/h3-4,7H,2,6,8H2,1H3,(H,15,16). The molecule has 0 radical (unpaired) electrons. The Morgan fingerprint density at radius 3 is 3.00 bits per heavy atom. The van der Waals surface area contributed by atoms with E-state index in [0.717, 1.165) is 0 Å². The minimum absolute atomic E-state index is 0.112. The number of nitriles is 1. The molecular formula is C12H13ClN2O2S. The van der Waals surface area contributed by atoms with Crippen molar-refractivity contribution in [3.05, 3.63) is 23.2 Å². The van der Waals surface area contributed by atoms with E-state index in [1.807, 2.05) is 6.07 Å². The van der Waals surface area contributed by atoms with Crippen LogP contribution < -0.4 is 10.1 Å². The van der Waals surface area contributed by atoms with Crippen molar-refractivity contribution < 1.29 is 9.53 Å². The third-order valence-electron chi connectivity index (χ3n) is 2.03. The highest BCUT2D eigenvalue weighted by atomic mass is 35.5. The van der Waals surface area contributed by atoms with Gasteiger partial charge in [0.25, 0.3) is 0 Å². The van der Waals surface area contributed by atoms with Crippen molar-refractivity contribution in [2.24, 2.45) is 0 Å². The Morgan fingerprint density at radius 2 is 2.39 bits per heavy atom. The number of halogens is 1. The number of hydrogen-bond donors (Lipinski definition) is 1. The zero-order valence-corrected chi connectivity index (χ0v) is 11.5. The summed E-state index contributed by atoms with van der Waals surface area (Å²) in [5, 5.41) is 11.5. The van der Waals surface area contributed by atoms with Crippen molar-refractivity contribution >= 4 is 35.0 Å². The lowest BCUT2D eigenvalue weighted by Crippen LogP contribution is -2.14. The number of benzene rings is 1. The van der Waals surface area contributed by atoms with E-state index in [9.17, 15) is 4.79 Å². The highest BCUT2D eigenvalue weighted by Crippen LogP contribution is 2.27. The molecule has 0 spiro atoms. The number of carbonyl (C=O) groups excluding carboxylic acids is 1. The summed E-state index contributed by atoms with van der Waals surface area (Å²) in [5.74, 6) is 1.44. The van der Waals surface area contributed by atoms with Crippen molar-refractivity contribution in [1.29, 1.82) is 5.26 Å². The summed E-state index contributed by atoms with van der Waals surface area (Å²) in [6.07, 6.45) is 0.451. The fraction of sp³-hybridized carbons (Fsp3) is 0.333. The lowest BCUT2D eigenvalue weighted by molar-refractivity contribution is -0.113. The minimum Gasteiger partial charge on any atom is -0.495 e. The van der Waals surface area contributed by atoms with Gasteiger partial charge in [0.2, 0.25) is 5.91 Å². The van der Waals surface area contributed by atoms with Crippen LogP contribution in [-0.2, 0) is 4.79 Å². The molecule has 0 fully saturated rings. The van der Waals surface area contributed by atoms with Gasteiger partial charge in [0.05, 0.1) is 24.0 Å². The predicted molar refractivity (Wildman–Crippen MR) is 74.2 cm³/mol. The van der Waals surface area contributed by atoms with E-state index in [2.05, 4.69) is 5.32 Å². The van der Waals surface area contributed by atoms with Gasteiger partial charge in [-0.05, 0) is 18.2 Å². The smallest absolute Gasteiger partial charge is 0.234 e. The third-order valence-corrected chi connectivity index (χ3v) is 3.28. The molecule has 0 aromatic heterocycles. The fourth-order valence-corrected chi connectivity index (χ4v) is 2.12. The largest absolute Gasteiger partial charge is 0.495 e. The number of anilines is 1. The predicted octanol–water partition coefficient (Wildman–Crippen LogP) is 2.93. The molecule has 0 aliphatic heterocycles. The van der Waals surface area contributed by atoms with Gasteiger partial charge in [-0.25, -0.2) is 0 Å². The number of hydrogen-bond acceptors (Lipinski definition) is 4. The molecule has 0 atom stereocenters. The molecular weight excluding hydrogens is 272 g/mol. The van der Waals surface area contributed by atoms with Crippen LogP contribution in [0.5, 0.6) is 5.75 Å². The topological polar surface area (TPSA) is 62.1 Å².